The number of carbonyl (C=O) groups is 2. The normalized spacial score (nSPS) is 13.9. The number of rotatable bonds is 4. The Hall–Kier alpha value is -1.47. The van der Waals surface area contributed by atoms with Crippen LogP contribution < -0.4 is 11.1 Å². The van der Waals surface area contributed by atoms with Crippen LogP contribution in [0.3, 0.4) is 0 Å². The molecule has 18 heavy (non-hydrogen) atoms. The Kier molecular flexibility index (Phi) is 5.44. The minimum absolute atomic E-state index is 0.373. The van der Waals surface area contributed by atoms with Crippen molar-refractivity contribution >= 4 is 12.0 Å². The second-order valence-electron chi connectivity index (χ2n) is 4.89. The van der Waals surface area contributed by atoms with E-state index in [0.717, 1.165) is 0 Å². The molecule has 1 atom stereocenters. The molecule has 0 aromatic heterocycles. The molecule has 5 nitrogen and oxygen atoms in total. The third-order valence-corrected chi connectivity index (χ3v) is 2.08. The Labute approximate surface area is 103 Å². The van der Waals surface area contributed by atoms with Gasteiger partial charge in [0.1, 0.15) is 12.6 Å². The second-order valence-corrected chi connectivity index (χ2v) is 4.89. The van der Waals surface area contributed by atoms with E-state index in [4.69, 9.17) is 10.5 Å². The van der Waals surface area contributed by atoms with E-state index in [9.17, 15) is 22.8 Å². The molecule has 0 saturated carbocycles. The molecule has 0 rings (SSSR count). The maximum absolute atomic E-state index is 11.9. The number of ether oxygens (including phenoxy) is 1. The van der Waals surface area contributed by atoms with Gasteiger partial charge in [-0.25, -0.2) is 4.79 Å². The van der Waals surface area contributed by atoms with Crippen molar-refractivity contribution in [2.45, 2.75) is 39.5 Å². The Morgan fingerprint density at radius 3 is 2.11 bits per heavy atom. The number of hydrogen-bond donors (Lipinski definition) is 2. The molecule has 0 aliphatic heterocycles. The van der Waals surface area contributed by atoms with Crippen molar-refractivity contribution in [2.24, 2.45) is 11.1 Å². The minimum atomic E-state index is -4.47. The average Bonchev–Trinajstić information content (AvgIpc) is 2.10. The Bertz CT molecular complexity index is 310. The Morgan fingerprint density at radius 2 is 1.78 bits per heavy atom. The second kappa shape index (κ2) is 5.92. The summed E-state index contributed by atoms with van der Waals surface area (Å²) in [6.07, 6.45) is -6.80. The maximum atomic E-state index is 11.9. The SMILES string of the molecule is CC(C)(C)C(CC(=O)NCC(F)(F)F)OC(N)=O. The van der Waals surface area contributed by atoms with E-state index >= 15 is 0 Å². The molecule has 3 N–H and O–H groups in total. The number of alkyl halides is 3. The number of amides is 2. The van der Waals surface area contributed by atoms with Gasteiger partial charge in [0.15, 0.2) is 0 Å². The summed E-state index contributed by atoms with van der Waals surface area (Å²) in [7, 11) is 0. The monoisotopic (exact) mass is 270 g/mol. The quantitative estimate of drug-likeness (QED) is 0.813. The predicted molar refractivity (Wildman–Crippen MR) is 57.6 cm³/mol. The van der Waals surface area contributed by atoms with Crippen molar-refractivity contribution < 1.29 is 27.5 Å². The first-order valence-corrected chi connectivity index (χ1v) is 5.21. The van der Waals surface area contributed by atoms with Crippen molar-refractivity contribution in [3.05, 3.63) is 0 Å². The highest BCUT2D eigenvalue weighted by atomic mass is 19.4. The zero-order chi connectivity index (χ0) is 14.6. The fourth-order valence-corrected chi connectivity index (χ4v) is 1.10. The van der Waals surface area contributed by atoms with Crippen LogP contribution in [0.25, 0.3) is 0 Å². The van der Waals surface area contributed by atoms with Gasteiger partial charge in [0.2, 0.25) is 5.91 Å². The highest BCUT2D eigenvalue weighted by Gasteiger charge is 2.32. The zero-order valence-corrected chi connectivity index (χ0v) is 10.4. The van der Waals surface area contributed by atoms with Crippen LogP contribution in [0.2, 0.25) is 0 Å². The van der Waals surface area contributed by atoms with Gasteiger partial charge in [-0.3, -0.25) is 4.79 Å². The molecule has 0 aliphatic carbocycles. The lowest BCUT2D eigenvalue weighted by Crippen LogP contribution is -2.40. The van der Waals surface area contributed by atoms with E-state index in [2.05, 4.69) is 0 Å². The highest BCUT2D eigenvalue weighted by Crippen LogP contribution is 2.25. The standard InChI is InChI=1S/C10H17F3N2O3/c1-9(2,3)6(18-8(14)17)4-7(16)15-5-10(11,12)13/h6H,4-5H2,1-3H3,(H2,14,17)(H,15,16). The van der Waals surface area contributed by atoms with Crippen LogP contribution in [0.4, 0.5) is 18.0 Å². The number of nitrogens with one attached hydrogen (secondary N) is 1. The largest absolute Gasteiger partial charge is 0.445 e. The lowest BCUT2D eigenvalue weighted by molar-refractivity contribution is -0.140. The fraction of sp³-hybridized carbons (Fsp3) is 0.800. The van der Waals surface area contributed by atoms with E-state index in [1.165, 1.54) is 0 Å². The lowest BCUT2D eigenvalue weighted by atomic mass is 9.87. The van der Waals surface area contributed by atoms with Gasteiger partial charge in [-0.15, -0.1) is 0 Å². The number of carbonyl (C=O) groups excluding carboxylic acids is 2. The summed E-state index contributed by atoms with van der Waals surface area (Å²) in [6, 6.07) is 0. The van der Waals surface area contributed by atoms with Crippen molar-refractivity contribution in [2.75, 3.05) is 6.54 Å². The van der Waals surface area contributed by atoms with Crippen LogP contribution >= 0.6 is 0 Å². The van der Waals surface area contributed by atoms with Crippen molar-refractivity contribution in [1.29, 1.82) is 0 Å². The highest BCUT2D eigenvalue weighted by molar-refractivity contribution is 5.77. The minimum Gasteiger partial charge on any atom is -0.445 e. The Balaban J connectivity index is 4.41. The van der Waals surface area contributed by atoms with E-state index in [1.54, 1.807) is 26.1 Å². The summed E-state index contributed by atoms with van der Waals surface area (Å²) in [5.41, 5.74) is 4.23. The van der Waals surface area contributed by atoms with Gasteiger partial charge < -0.3 is 15.8 Å². The van der Waals surface area contributed by atoms with Gasteiger partial charge in [0, 0.05) is 0 Å². The van der Waals surface area contributed by atoms with Crippen LogP contribution in [0, 0.1) is 5.41 Å². The molecule has 8 heteroatoms. The first-order chi connectivity index (χ1) is 7.92. The third kappa shape index (κ3) is 7.75. The molecule has 0 saturated heterocycles. The first-order valence-electron chi connectivity index (χ1n) is 5.21. The molecule has 0 spiro atoms. The fourth-order valence-electron chi connectivity index (χ4n) is 1.10. The maximum Gasteiger partial charge on any atom is 0.405 e. The number of nitrogens with two attached hydrogens (primary N) is 1. The van der Waals surface area contributed by atoms with Crippen molar-refractivity contribution in [1.82, 2.24) is 5.32 Å². The van der Waals surface area contributed by atoms with E-state index in [1.807, 2.05) is 0 Å². The number of halogens is 3. The van der Waals surface area contributed by atoms with Crippen LogP contribution in [-0.4, -0.2) is 30.8 Å². The summed E-state index contributed by atoms with van der Waals surface area (Å²) in [5.74, 6) is -0.853. The lowest BCUT2D eigenvalue weighted by Gasteiger charge is -2.29. The van der Waals surface area contributed by atoms with E-state index in [-0.39, 0.29) is 6.42 Å². The molecule has 0 heterocycles. The molecule has 0 fully saturated rings. The zero-order valence-electron chi connectivity index (χ0n) is 10.4. The van der Waals surface area contributed by atoms with Crippen LogP contribution in [0.15, 0.2) is 0 Å². The van der Waals surface area contributed by atoms with Crippen LogP contribution in [-0.2, 0) is 9.53 Å². The number of hydrogen-bond acceptors (Lipinski definition) is 3. The van der Waals surface area contributed by atoms with Gasteiger partial charge >= 0.3 is 12.3 Å². The third-order valence-electron chi connectivity index (χ3n) is 2.08. The first kappa shape index (κ1) is 16.5. The summed E-state index contributed by atoms with van der Waals surface area (Å²) in [6.45, 7) is 3.62. The van der Waals surface area contributed by atoms with Gasteiger partial charge in [0.25, 0.3) is 0 Å². The van der Waals surface area contributed by atoms with Gasteiger partial charge in [-0.2, -0.15) is 13.2 Å². The van der Waals surface area contributed by atoms with E-state index in [0.29, 0.717) is 0 Å². The average molecular weight is 270 g/mol. The topological polar surface area (TPSA) is 81.4 Å². The van der Waals surface area contributed by atoms with Gasteiger partial charge in [0.05, 0.1) is 6.42 Å². The van der Waals surface area contributed by atoms with Gasteiger partial charge in [-0.05, 0) is 5.41 Å². The van der Waals surface area contributed by atoms with E-state index < -0.39 is 36.2 Å². The molecule has 106 valence electrons. The Morgan fingerprint density at radius 1 is 1.28 bits per heavy atom. The summed E-state index contributed by atoms with van der Waals surface area (Å²) >= 11 is 0. The summed E-state index contributed by atoms with van der Waals surface area (Å²) in [5, 5.41) is 1.70. The smallest absolute Gasteiger partial charge is 0.405 e. The van der Waals surface area contributed by atoms with Crippen LogP contribution in [0.5, 0.6) is 0 Å². The summed E-state index contributed by atoms with van der Waals surface area (Å²) < 4.78 is 40.3. The molecule has 0 aliphatic rings. The predicted octanol–water partition coefficient (Wildman–Crippen LogP) is 1.57. The molecule has 0 bridgehead atoms. The molecule has 1 unspecified atom stereocenters. The molecular formula is C10H17F3N2O3. The molecular weight excluding hydrogens is 253 g/mol. The van der Waals surface area contributed by atoms with Gasteiger partial charge in [-0.1, -0.05) is 20.8 Å². The van der Waals surface area contributed by atoms with Crippen molar-refractivity contribution in [3.8, 4) is 0 Å². The van der Waals surface area contributed by atoms with Crippen LogP contribution in [0.1, 0.15) is 27.2 Å². The molecule has 0 radical (unpaired) electrons. The molecule has 0 aromatic carbocycles. The molecule has 0 aromatic rings. The summed E-state index contributed by atoms with van der Waals surface area (Å²) in [4.78, 5) is 21.9. The van der Waals surface area contributed by atoms with Crippen molar-refractivity contribution in [3.63, 3.8) is 0 Å². The number of primary amides is 1. The molecule has 2 amide bonds.